The Morgan fingerprint density at radius 3 is 2.08 bits per heavy atom. The number of hydrogen-bond acceptors (Lipinski definition) is 2. The quantitative estimate of drug-likeness (QED) is 0.713. The summed E-state index contributed by atoms with van der Waals surface area (Å²) in [5.74, 6) is -0.159. The first-order valence-corrected chi connectivity index (χ1v) is 4.67. The standard InChI is InChI=1S/C9H16ClNO2/c1-5-6(7(10)12)11-8(13)9(2,3)4/h6H,5H2,1-4H3,(H,11,13). The van der Waals surface area contributed by atoms with Crippen LogP contribution >= 0.6 is 11.6 Å². The largest absolute Gasteiger partial charge is 0.345 e. The molecule has 0 aromatic carbocycles. The molecule has 1 unspecified atom stereocenters. The van der Waals surface area contributed by atoms with Crippen molar-refractivity contribution in [1.82, 2.24) is 5.32 Å². The van der Waals surface area contributed by atoms with Crippen molar-refractivity contribution in [3.8, 4) is 0 Å². The molecule has 1 N–H and O–H groups in total. The van der Waals surface area contributed by atoms with Crippen LogP contribution in [0.2, 0.25) is 0 Å². The van der Waals surface area contributed by atoms with Crippen LogP contribution < -0.4 is 5.32 Å². The van der Waals surface area contributed by atoms with Crippen LogP contribution in [-0.4, -0.2) is 17.2 Å². The maximum Gasteiger partial charge on any atom is 0.243 e. The van der Waals surface area contributed by atoms with E-state index in [2.05, 4.69) is 5.32 Å². The first kappa shape index (κ1) is 12.4. The summed E-state index contributed by atoms with van der Waals surface area (Å²) in [4.78, 5) is 22.2. The molecule has 1 amide bonds. The van der Waals surface area contributed by atoms with Crippen molar-refractivity contribution >= 4 is 22.8 Å². The number of nitrogens with one attached hydrogen (secondary N) is 1. The second-order valence-corrected chi connectivity index (χ2v) is 4.36. The van der Waals surface area contributed by atoms with Crippen LogP contribution in [0.1, 0.15) is 34.1 Å². The highest BCUT2D eigenvalue weighted by Gasteiger charge is 2.25. The van der Waals surface area contributed by atoms with Crippen LogP contribution in [0.25, 0.3) is 0 Å². The van der Waals surface area contributed by atoms with Crippen LogP contribution in [0.4, 0.5) is 0 Å². The predicted molar refractivity (Wildman–Crippen MR) is 52.5 cm³/mol. The fourth-order valence-corrected chi connectivity index (χ4v) is 0.903. The van der Waals surface area contributed by atoms with E-state index in [1.54, 1.807) is 27.7 Å². The van der Waals surface area contributed by atoms with Gasteiger partial charge in [0.25, 0.3) is 0 Å². The van der Waals surface area contributed by atoms with Crippen molar-refractivity contribution in [2.45, 2.75) is 40.2 Å². The molecule has 0 saturated heterocycles. The first-order valence-electron chi connectivity index (χ1n) is 4.29. The fraction of sp³-hybridized carbons (Fsp3) is 0.778. The minimum atomic E-state index is -0.562. The summed E-state index contributed by atoms with van der Waals surface area (Å²) in [6.07, 6.45) is 0.518. The van der Waals surface area contributed by atoms with Gasteiger partial charge in [0.1, 0.15) is 6.04 Å². The van der Waals surface area contributed by atoms with Crippen molar-refractivity contribution in [2.24, 2.45) is 5.41 Å². The Labute approximate surface area is 83.8 Å². The summed E-state index contributed by atoms with van der Waals surface area (Å²) in [6.45, 7) is 7.16. The molecule has 0 aliphatic heterocycles. The van der Waals surface area contributed by atoms with Crippen molar-refractivity contribution in [3.05, 3.63) is 0 Å². The number of carbonyl (C=O) groups is 2. The Bertz CT molecular complexity index is 208. The van der Waals surface area contributed by atoms with Gasteiger partial charge in [-0.05, 0) is 18.0 Å². The molecular formula is C9H16ClNO2. The number of rotatable bonds is 3. The van der Waals surface area contributed by atoms with Gasteiger partial charge in [0, 0.05) is 5.41 Å². The van der Waals surface area contributed by atoms with Gasteiger partial charge in [-0.1, -0.05) is 27.7 Å². The first-order chi connectivity index (χ1) is 5.79. The monoisotopic (exact) mass is 205 g/mol. The summed E-state index contributed by atoms with van der Waals surface area (Å²) >= 11 is 5.28. The van der Waals surface area contributed by atoms with E-state index in [4.69, 9.17) is 11.6 Å². The van der Waals surface area contributed by atoms with Gasteiger partial charge in [0.2, 0.25) is 11.1 Å². The van der Waals surface area contributed by atoms with Crippen LogP contribution in [0.5, 0.6) is 0 Å². The molecule has 0 rings (SSSR count). The number of amides is 1. The topological polar surface area (TPSA) is 46.2 Å². The Balaban J connectivity index is 4.26. The van der Waals surface area contributed by atoms with E-state index in [-0.39, 0.29) is 5.91 Å². The van der Waals surface area contributed by atoms with Gasteiger partial charge in [0.05, 0.1) is 0 Å². The van der Waals surface area contributed by atoms with Gasteiger partial charge in [-0.3, -0.25) is 9.59 Å². The van der Waals surface area contributed by atoms with Gasteiger partial charge < -0.3 is 5.32 Å². The van der Waals surface area contributed by atoms with Gasteiger partial charge in [-0.25, -0.2) is 0 Å². The van der Waals surface area contributed by atoms with E-state index in [0.29, 0.717) is 6.42 Å². The molecule has 0 bridgehead atoms. The Morgan fingerprint density at radius 1 is 1.38 bits per heavy atom. The Morgan fingerprint density at radius 2 is 1.85 bits per heavy atom. The minimum Gasteiger partial charge on any atom is -0.345 e. The van der Waals surface area contributed by atoms with E-state index < -0.39 is 16.7 Å². The zero-order valence-corrected chi connectivity index (χ0v) is 9.23. The molecule has 0 fully saturated rings. The zero-order valence-electron chi connectivity index (χ0n) is 8.48. The lowest BCUT2D eigenvalue weighted by atomic mass is 9.95. The van der Waals surface area contributed by atoms with Crippen molar-refractivity contribution < 1.29 is 9.59 Å². The SMILES string of the molecule is CCC(NC(=O)C(C)(C)C)C(=O)Cl. The Hall–Kier alpha value is -0.570. The molecular weight excluding hydrogens is 190 g/mol. The van der Waals surface area contributed by atoms with E-state index >= 15 is 0 Å². The van der Waals surface area contributed by atoms with E-state index in [9.17, 15) is 9.59 Å². The highest BCUT2D eigenvalue weighted by atomic mass is 35.5. The molecule has 0 aromatic rings. The third kappa shape index (κ3) is 4.27. The Kier molecular flexibility index (Phi) is 4.40. The lowest BCUT2D eigenvalue weighted by Crippen LogP contribution is -2.44. The third-order valence-electron chi connectivity index (χ3n) is 1.67. The van der Waals surface area contributed by atoms with Gasteiger partial charge in [-0.15, -0.1) is 0 Å². The summed E-state index contributed by atoms with van der Waals surface area (Å²) in [5, 5.41) is 2.07. The second kappa shape index (κ2) is 4.61. The van der Waals surface area contributed by atoms with Crippen LogP contribution in [0, 0.1) is 5.41 Å². The molecule has 0 radical (unpaired) electrons. The average Bonchev–Trinajstić information content (AvgIpc) is 1.96. The molecule has 0 heterocycles. The van der Waals surface area contributed by atoms with Crippen molar-refractivity contribution in [2.75, 3.05) is 0 Å². The van der Waals surface area contributed by atoms with Gasteiger partial charge in [0.15, 0.2) is 0 Å². The molecule has 4 heteroatoms. The fourth-order valence-electron chi connectivity index (χ4n) is 0.694. The molecule has 1 atom stereocenters. The maximum absolute atomic E-state index is 11.4. The highest BCUT2D eigenvalue weighted by molar-refractivity contribution is 6.64. The normalized spacial score (nSPS) is 13.6. The predicted octanol–water partition coefficient (Wildman–Crippen LogP) is 1.69. The smallest absolute Gasteiger partial charge is 0.243 e. The highest BCUT2D eigenvalue weighted by Crippen LogP contribution is 2.13. The summed E-state index contributed by atoms with van der Waals surface area (Å²) in [6, 6.07) is -0.562. The molecule has 0 spiro atoms. The minimum absolute atomic E-state index is 0.159. The van der Waals surface area contributed by atoms with Crippen LogP contribution in [-0.2, 0) is 9.59 Å². The summed E-state index contributed by atoms with van der Waals surface area (Å²) < 4.78 is 0. The van der Waals surface area contributed by atoms with Crippen LogP contribution in [0.15, 0.2) is 0 Å². The molecule has 0 aromatic heterocycles. The lowest BCUT2D eigenvalue weighted by molar-refractivity contribution is -0.131. The number of halogens is 1. The molecule has 0 saturated carbocycles. The average molecular weight is 206 g/mol. The summed E-state index contributed by atoms with van der Waals surface area (Å²) in [5.41, 5.74) is -0.486. The molecule has 76 valence electrons. The van der Waals surface area contributed by atoms with Crippen molar-refractivity contribution in [1.29, 1.82) is 0 Å². The second-order valence-electron chi connectivity index (χ2n) is 3.99. The molecule has 13 heavy (non-hydrogen) atoms. The van der Waals surface area contributed by atoms with E-state index in [1.165, 1.54) is 0 Å². The van der Waals surface area contributed by atoms with E-state index in [0.717, 1.165) is 0 Å². The lowest BCUT2D eigenvalue weighted by Gasteiger charge is -2.21. The molecule has 0 aliphatic carbocycles. The zero-order chi connectivity index (χ0) is 10.6. The summed E-state index contributed by atoms with van der Waals surface area (Å²) in [7, 11) is 0. The number of carbonyl (C=O) groups excluding carboxylic acids is 2. The van der Waals surface area contributed by atoms with Crippen molar-refractivity contribution in [3.63, 3.8) is 0 Å². The molecule has 3 nitrogen and oxygen atoms in total. The van der Waals surface area contributed by atoms with E-state index in [1.807, 2.05) is 0 Å². The number of hydrogen-bond donors (Lipinski definition) is 1. The maximum atomic E-state index is 11.4. The third-order valence-corrected chi connectivity index (χ3v) is 1.93. The van der Waals surface area contributed by atoms with Gasteiger partial charge >= 0.3 is 0 Å². The molecule has 0 aliphatic rings. The van der Waals surface area contributed by atoms with Gasteiger partial charge in [-0.2, -0.15) is 0 Å². The van der Waals surface area contributed by atoms with Crippen LogP contribution in [0.3, 0.4) is 0 Å².